The van der Waals surface area contributed by atoms with E-state index in [1.165, 1.54) is 31.4 Å². The quantitative estimate of drug-likeness (QED) is 0.358. The Bertz CT molecular complexity index is 1350. The van der Waals surface area contributed by atoms with Crippen LogP contribution in [0.3, 0.4) is 0 Å². The van der Waals surface area contributed by atoms with Crippen LogP contribution in [0.15, 0.2) is 89.6 Å². The highest BCUT2D eigenvalue weighted by atomic mass is 35.5. The predicted molar refractivity (Wildman–Crippen MR) is 135 cm³/mol. The Morgan fingerprint density at radius 3 is 2.31 bits per heavy atom. The van der Waals surface area contributed by atoms with Gasteiger partial charge in [-0.3, -0.25) is 14.4 Å². The fourth-order valence-corrected chi connectivity index (χ4v) is 3.84. The number of carbonyl (C=O) groups is 4. The average Bonchev–Trinajstić information content (AvgIpc) is 3.11. The van der Waals surface area contributed by atoms with Gasteiger partial charge in [0.1, 0.15) is 10.7 Å². The summed E-state index contributed by atoms with van der Waals surface area (Å²) in [4.78, 5) is 50.7. The van der Waals surface area contributed by atoms with Gasteiger partial charge in [-0.15, -0.1) is 0 Å². The van der Waals surface area contributed by atoms with Crippen molar-refractivity contribution in [2.75, 3.05) is 17.3 Å². The Morgan fingerprint density at radius 2 is 1.61 bits per heavy atom. The van der Waals surface area contributed by atoms with E-state index in [0.29, 0.717) is 12.2 Å². The maximum absolute atomic E-state index is 13.0. The zero-order valence-electron chi connectivity index (χ0n) is 19.3. The third-order valence-electron chi connectivity index (χ3n) is 5.47. The number of carbonyl (C=O) groups excluding carboxylic acids is 4. The summed E-state index contributed by atoms with van der Waals surface area (Å²) >= 11 is 6.19. The van der Waals surface area contributed by atoms with Crippen LogP contribution in [0.1, 0.15) is 21.5 Å². The normalized spacial score (nSPS) is 13.1. The van der Waals surface area contributed by atoms with E-state index in [4.69, 9.17) is 16.3 Å². The Hall–Kier alpha value is -4.43. The van der Waals surface area contributed by atoms with Crippen LogP contribution in [0.4, 0.5) is 11.4 Å². The summed E-state index contributed by atoms with van der Waals surface area (Å²) in [5, 5.41) is 5.50. The molecule has 2 N–H and O–H groups in total. The number of nitrogens with zero attached hydrogens (tertiary/aromatic N) is 1. The summed E-state index contributed by atoms with van der Waals surface area (Å²) in [6.45, 7) is 0.446. The lowest BCUT2D eigenvalue weighted by Crippen LogP contribution is -2.32. The number of halogens is 1. The minimum atomic E-state index is -0.710. The molecule has 0 aromatic heterocycles. The Balaban J connectivity index is 1.40. The van der Waals surface area contributed by atoms with Gasteiger partial charge in [-0.05, 0) is 41.5 Å². The largest absolute Gasteiger partial charge is 0.465 e. The van der Waals surface area contributed by atoms with E-state index < -0.39 is 17.8 Å². The van der Waals surface area contributed by atoms with Crippen LogP contribution in [0, 0.1) is 0 Å². The van der Waals surface area contributed by atoms with Crippen LogP contribution < -0.4 is 15.5 Å². The van der Waals surface area contributed by atoms with Gasteiger partial charge >= 0.3 is 5.97 Å². The number of hydrogen-bond acceptors (Lipinski definition) is 6. The minimum absolute atomic E-state index is 0.0847. The Labute approximate surface area is 212 Å². The third kappa shape index (κ3) is 5.45. The second kappa shape index (κ2) is 10.9. The molecule has 0 saturated heterocycles. The van der Waals surface area contributed by atoms with E-state index >= 15 is 0 Å². The van der Waals surface area contributed by atoms with E-state index in [9.17, 15) is 19.2 Å². The lowest BCUT2D eigenvalue weighted by molar-refractivity contribution is -0.121. The topological polar surface area (TPSA) is 105 Å². The number of benzene rings is 3. The molecule has 9 heteroatoms. The molecular formula is C27H22ClN3O5. The summed E-state index contributed by atoms with van der Waals surface area (Å²) in [5.74, 6) is -2.08. The number of nitrogens with one attached hydrogen (secondary N) is 2. The molecule has 0 radical (unpaired) electrons. The van der Waals surface area contributed by atoms with Crippen molar-refractivity contribution in [3.8, 4) is 0 Å². The van der Waals surface area contributed by atoms with Crippen molar-refractivity contribution >= 4 is 46.7 Å². The molecule has 0 spiro atoms. The molecule has 3 amide bonds. The van der Waals surface area contributed by atoms with Crippen LogP contribution in [0.25, 0.3) is 0 Å². The SMILES string of the molecule is COC(=O)c1cccc(N2C(=O)C(Cl)=C(Nc3ccc(CC(=O)NCc4ccccc4)cc3)C2=O)c1. The van der Waals surface area contributed by atoms with Gasteiger partial charge in [0.2, 0.25) is 5.91 Å². The van der Waals surface area contributed by atoms with Gasteiger partial charge < -0.3 is 15.4 Å². The van der Waals surface area contributed by atoms with Crippen LogP contribution in [0.2, 0.25) is 0 Å². The molecule has 0 bridgehead atoms. The van der Waals surface area contributed by atoms with Crippen molar-refractivity contribution in [2.24, 2.45) is 0 Å². The van der Waals surface area contributed by atoms with E-state index in [1.54, 1.807) is 24.3 Å². The van der Waals surface area contributed by atoms with Crippen molar-refractivity contribution in [1.82, 2.24) is 5.32 Å². The highest BCUT2D eigenvalue weighted by Gasteiger charge is 2.39. The summed E-state index contributed by atoms with van der Waals surface area (Å²) in [6, 6.07) is 22.4. The second-order valence-corrected chi connectivity index (χ2v) is 8.32. The molecule has 0 aliphatic carbocycles. The summed E-state index contributed by atoms with van der Waals surface area (Å²) in [7, 11) is 1.24. The predicted octanol–water partition coefficient (Wildman–Crippen LogP) is 3.77. The fraction of sp³-hybridized carbons (Fsp3) is 0.111. The first-order valence-electron chi connectivity index (χ1n) is 11.0. The van der Waals surface area contributed by atoms with E-state index in [2.05, 4.69) is 10.6 Å². The van der Waals surface area contributed by atoms with Crippen molar-refractivity contribution in [3.63, 3.8) is 0 Å². The highest BCUT2D eigenvalue weighted by Crippen LogP contribution is 2.30. The number of imide groups is 1. The van der Waals surface area contributed by atoms with Gasteiger partial charge in [0.05, 0.1) is 24.8 Å². The molecule has 0 atom stereocenters. The number of rotatable bonds is 8. The monoisotopic (exact) mass is 503 g/mol. The number of ether oxygens (including phenoxy) is 1. The number of hydrogen-bond donors (Lipinski definition) is 2. The molecule has 1 aliphatic rings. The summed E-state index contributed by atoms with van der Waals surface area (Å²) in [6.07, 6.45) is 0.193. The zero-order valence-corrected chi connectivity index (χ0v) is 20.0. The standard InChI is InChI=1S/C27H22ClN3O5/c1-36-27(35)19-8-5-9-21(15-19)31-25(33)23(28)24(26(31)34)30-20-12-10-17(11-13-20)14-22(32)29-16-18-6-3-2-4-7-18/h2-13,15,30H,14,16H2,1H3,(H,29,32). The molecule has 3 aromatic carbocycles. The van der Waals surface area contributed by atoms with Gasteiger partial charge in [-0.2, -0.15) is 0 Å². The van der Waals surface area contributed by atoms with Gasteiger partial charge in [-0.25, -0.2) is 9.69 Å². The lowest BCUT2D eigenvalue weighted by Gasteiger charge is -2.16. The smallest absolute Gasteiger partial charge is 0.337 e. The van der Waals surface area contributed by atoms with Gasteiger partial charge in [0.25, 0.3) is 11.8 Å². The van der Waals surface area contributed by atoms with E-state index in [-0.39, 0.29) is 34.3 Å². The third-order valence-corrected chi connectivity index (χ3v) is 5.82. The minimum Gasteiger partial charge on any atom is -0.465 e. The number of amides is 3. The molecule has 36 heavy (non-hydrogen) atoms. The van der Waals surface area contributed by atoms with Gasteiger partial charge in [0.15, 0.2) is 0 Å². The van der Waals surface area contributed by atoms with Gasteiger partial charge in [-0.1, -0.05) is 60.1 Å². The van der Waals surface area contributed by atoms with Crippen molar-refractivity contribution in [3.05, 3.63) is 106 Å². The fourth-order valence-electron chi connectivity index (χ4n) is 3.63. The maximum Gasteiger partial charge on any atom is 0.337 e. The van der Waals surface area contributed by atoms with Crippen molar-refractivity contribution in [2.45, 2.75) is 13.0 Å². The van der Waals surface area contributed by atoms with E-state index in [0.717, 1.165) is 16.0 Å². The maximum atomic E-state index is 13.0. The second-order valence-electron chi connectivity index (χ2n) is 7.94. The summed E-state index contributed by atoms with van der Waals surface area (Å²) < 4.78 is 4.70. The van der Waals surface area contributed by atoms with E-state index in [1.807, 2.05) is 30.3 Å². The van der Waals surface area contributed by atoms with Gasteiger partial charge in [0, 0.05) is 12.2 Å². The van der Waals surface area contributed by atoms with Crippen LogP contribution >= 0.6 is 11.6 Å². The molecular weight excluding hydrogens is 482 g/mol. The average molecular weight is 504 g/mol. The molecule has 4 rings (SSSR count). The van der Waals surface area contributed by atoms with Crippen LogP contribution in [-0.2, 0) is 32.1 Å². The molecule has 0 saturated carbocycles. The molecule has 0 fully saturated rings. The first-order valence-corrected chi connectivity index (χ1v) is 11.4. The molecule has 8 nitrogen and oxygen atoms in total. The first kappa shape index (κ1) is 24.7. The molecule has 3 aromatic rings. The van der Waals surface area contributed by atoms with Crippen LogP contribution in [0.5, 0.6) is 0 Å². The number of anilines is 2. The summed E-state index contributed by atoms with van der Waals surface area (Å²) in [5.41, 5.74) is 2.61. The zero-order chi connectivity index (χ0) is 25.7. The van der Waals surface area contributed by atoms with Crippen molar-refractivity contribution in [1.29, 1.82) is 0 Å². The Morgan fingerprint density at radius 1 is 0.889 bits per heavy atom. The molecule has 0 unspecified atom stereocenters. The molecule has 1 aliphatic heterocycles. The number of methoxy groups -OCH3 is 1. The Kier molecular flexibility index (Phi) is 7.46. The van der Waals surface area contributed by atoms with Crippen LogP contribution in [-0.4, -0.2) is 30.8 Å². The first-order chi connectivity index (χ1) is 17.4. The lowest BCUT2D eigenvalue weighted by atomic mass is 10.1. The van der Waals surface area contributed by atoms with Crippen molar-refractivity contribution < 1.29 is 23.9 Å². The highest BCUT2D eigenvalue weighted by molar-refractivity contribution is 6.53. The molecule has 182 valence electrons. The molecule has 1 heterocycles. The number of esters is 1.